The van der Waals surface area contributed by atoms with Crippen LogP contribution in [-0.4, -0.2) is 25.7 Å². The van der Waals surface area contributed by atoms with Crippen molar-refractivity contribution in [2.75, 3.05) is 5.73 Å². The summed E-state index contributed by atoms with van der Waals surface area (Å²) in [6.45, 7) is 3.50. The third-order valence-electron chi connectivity index (χ3n) is 3.87. The van der Waals surface area contributed by atoms with Gasteiger partial charge in [0.25, 0.3) is 0 Å². The highest BCUT2D eigenvalue weighted by atomic mass is 32.2. The first-order valence-electron chi connectivity index (χ1n) is 6.88. The molecule has 0 bridgehead atoms. The molecule has 0 saturated heterocycles. The highest BCUT2D eigenvalue weighted by molar-refractivity contribution is 7.89. The number of hydrogen-bond donors (Lipinski definition) is 3. The number of aliphatic hydroxyl groups is 1. The summed E-state index contributed by atoms with van der Waals surface area (Å²) >= 11 is 0. The molecule has 2 atom stereocenters. The van der Waals surface area contributed by atoms with Gasteiger partial charge < -0.3 is 10.8 Å². The van der Waals surface area contributed by atoms with Crippen LogP contribution in [0.2, 0.25) is 0 Å². The predicted molar refractivity (Wildman–Crippen MR) is 78.9 cm³/mol. The lowest BCUT2D eigenvalue weighted by molar-refractivity contribution is 0.101. The van der Waals surface area contributed by atoms with E-state index in [9.17, 15) is 13.5 Å². The van der Waals surface area contributed by atoms with Gasteiger partial charge in [0.1, 0.15) is 0 Å². The van der Waals surface area contributed by atoms with Gasteiger partial charge in [-0.1, -0.05) is 12.8 Å². The molecular weight excluding hydrogens is 276 g/mol. The van der Waals surface area contributed by atoms with Gasteiger partial charge >= 0.3 is 0 Å². The quantitative estimate of drug-likeness (QED) is 0.737. The van der Waals surface area contributed by atoms with Crippen molar-refractivity contribution in [1.82, 2.24) is 4.72 Å². The molecule has 5 nitrogen and oxygen atoms in total. The van der Waals surface area contributed by atoms with Crippen LogP contribution in [0.25, 0.3) is 0 Å². The number of benzene rings is 1. The van der Waals surface area contributed by atoms with Gasteiger partial charge in [-0.05, 0) is 49.9 Å². The molecule has 0 radical (unpaired) electrons. The maximum atomic E-state index is 12.5. The van der Waals surface area contributed by atoms with Gasteiger partial charge in [0.2, 0.25) is 10.0 Å². The molecule has 1 aliphatic carbocycles. The summed E-state index contributed by atoms with van der Waals surface area (Å²) in [4.78, 5) is 0.202. The lowest BCUT2D eigenvalue weighted by Gasteiger charge is -2.28. The number of anilines is 1. The van der Waals surface area contributed by atoms with Gasteiger partial charge in [0.05, 0.1) is 11.0 Å². The number of nitrogens with one attached hydrogen (secondary N) is 1. The van der Waals surface area contributed by atoms with Crippen LogP contribution in [0, 0.1) is 13.8 Å². The molecule has 0 heterocycles. The Bertz CT molecular complexity index is 599. The summed E-state index contributed by atoms with van der Waals surface area (Å²) in [5.74, 6) is 0. The number of aryl methyl sites for hydroxylation is 1. The molecule has 0 amide bonds. The number of hydrogen-bond acceptors (Lipinski definition) is 4. The van der Waals surface area contributed by atoms with E-state index in [-0.39, 0.29) is 4.90 Å². The fourth-order valence-electron chi connectivity index (χ4n) is 2.64. The first-order valence-corrected chi connectivity index (χ1v) is 8.36. The lowest BCUT2D eigenvalue weighted by atomic mass is 9.93. The average Bonchev–Trinajstić information content (AvgIpc) is 2.36. The Kier molecular flexibility index (Phi) is 4.36. The van der Waals surface area contributed by atoms with Crippen LogP contribution in [0.5, 0.6) is 0 Å². The van der Waals surface area contributed by atoms with Crippen LogP contribution in [-0.2, 0) is 10.0 Å². The largest absolute Gasteiger partial charge is 0.398 e. The summed E-state index contributed by atoms with van der Waals surface area (Å²) in [7, 11) is -3.66. The zero-order chi connectivity index (χ0) is 14.9. The minimum atomic E-state index is -3.66. The Labute approximate surface area is 120 Å². The molecule has 0 aliphatic heterocycles. The third kappa shape index (κ3) is 3.13. The third-order valence-corrected chi connectivity index (χ3v) is 5.49. The monoisotopic (exact) mass is 298 g/mol. The zero-order valence-corrected chi connectivity index (χ0v) is 12.7. The van der Waals surface area contributed by atoms with Crippen molar-refractivity contribution in [3.8, 4) is 0 Å². The fraction of sp³-hybridized carbons (Fsp3) is 0.571. The SMILES string of the molecule is Cc1cc(N)c(C)c(S(=O)(=O)NC2CCCCC2O)c1. The molecule has 20 heavy (non-hydrogen) atoms. The maximum absolute atomic E-state index is 12.5. The summed E-state index contributed by atoms with van der Waals surface area (Å²) in [6, 6.07) is 2.96. The van der Waals surface area contributed by atoms with E-state index in [1.165, 1.54) is 0 Å². The van der Waals surface area contributed by atoms with Gasteiger partial charge in [-0.25, -0.2) is 13.1 Å². The smallest absolute Gasteiger partial charge is 0.241 e. The Morgan fingerprint density at radius 1 is 1.25 bits per heavy atom. The van der Waals surface area contributed by atoms with Crippen molar-refractivity contribution in [2.24, 2.45) is 0 Å². The van der Waals surface area contributed by atoms with E-state index in [1.807, 2.05) is 6.92 Å². The second-order valence-electron chi connectivity index (χ2n) is 5.56. The van der Waals surface area contributed by atoms with Gasteiger partial charge in [0.15, 0.2) is 0 Å². The van der Waals surface area contributed by atoms with Crippen molar-refractivity contribution >= 4 is 15.7 Å². The molecule has 2 unspecified atom stereocenters. The molecule has 1 saturated carbocycles. The van der Waals surface area contributed by atoms with E-state index < -0.39 is 22.2 Å². The predicted octanol–water partition coefficient (Wildman–Crippen LogP) is 1.47. The Morgan fingerprint density at radius 2 is 1.90 bits per heavy atom. The van der Waals surface area contributed by atoms with E-state index in [4.69, 9.17) is 5.73 Å². The summed E-state index contributed by atoms with van der Waals surface area (Å²) < 4.78 is 27.6. The van der Waals surface area contributed by atoms with Crippen molar-refractivity contribution in [3.63, 3.8) is 0 Å². The van der Waals surface area contributed by atoms with E-state index in [1.54, 1.807) is 19.1 Å². The van der Waals surface area contributed by atoms with Crippen LogP contribution in [0.3, 0.4) is 0 Å². The molecule has 4 N–H and O–H groups in total. The first kappa shape index (κ1) is 15.3. The van der Waals surface area contributed by atoms with Crippen LogP contribution >= 0.6 is 0 Å². The first-order chi connectivity index (χ1) is 9.31. The number of nitrogen functional groups attached to an aromatic ring is 1. The van der Waals surface area contributed by atoms with Crippen molar-refractivity contribution in [1.29, 1.82) is 0 Å². The molecule has 1 aromatic carbocycles. The summed E-state index contributed by atoms with van der Waals surface area (Å²) in [5, 5.41) is 9.91. The number of rotatable bonds is 3. The van der Waals surface area contributed by atoms with Crippen LogP contribution in [0.4, 0.5) is 5.69 Å². The van der Waals surface area contributed by atoms with E-state index >= 15 is 0 Å². The molecule has 1 fully saturated rings. The molecule has 0 aromatic heterocycles. The molecule has 6 heteroatoms. The van der Waals surface area contributed by atoms with Gasteiger partial charge in [-0.2, -0.15) is 0 Å². The lowest BCUT2D eigenvalue weighted by Crippen LogP contribution is -2.45. The van der Waals surface area contributed by atoms with Crippen LogP contribution in [0.15, 0.2) is 17.0 Å². The molecular formula is C14H22N2O3S. The average molecular weight is 298 g/mol. The van der Waals surface area contributed by atoms with Gasteiger partial charge in [-0.3, -0.25) is 0 Å². The number of aliphatic hydroxyl groups excluding tert-OH is 1. The second kappa shape index (κ2) is 5.71. The number of sulfonamides is 1. The van der Waals surface area contributed by atoms with Crippen molar-refractivity contribution in [3.05, 3.63) is 23.3 Å². The van der Waals surface area contributed by atoms with Gasteiger partial charge in [0, 0.05) is 11.7 Å². The summed E-state index contributed by atoms with van der Waals surface area (Å²) in [5.41, 5.74) is 7.66. The highest BCUT2D eigenvalue weighted by Gasteiger charge is 2.29. The normalized spacial score (nSPS) is 23.8. The molecule has 0 spiro atoms. The highest BCUT2D eigenvalue weighted by Crippen LogP contribution is 2.25. The molecule has 1 aliphatic rings. The molecule has 112 valence electrons. The maximum Gasteiger partial charge on any atom is 0.241 e. The van der Waals surface area contributed by atoms with Gasteiger partial charge in [-0.15, -0.1) is 0 Å². The molecule has 2 rings (SSSR count). The number of nitrogens with two attached hydrogens (primary N) is 1. The Hall–Kier alpha value is -1.11. The van der Waals surface area contributed by atoms with Crippen molar-refractivity contribution in [2.45, 2.75) is 56.6 Å². The Morgan fingerprint density at radius 3 is 2.55 bits per heavy atom. The second-order valence-corrected chi connectivity index (χ2v) is 7.24. The molecule has 1 aromatic rings. The Balaban J connectivity index is 2.31. The zero-order valence-electron chi connectivity index (χ0n) is 11.9. The van der Waals surface area contributed by atoms with E-state index in [0.29, 0.717) is 24.1 Å². The van der Waals surface area contributed by atoms with Crippen molar-refractivity contribution < 1.29 is 13.5 Å². The topological polar surface area (TPSA) is 92.4 Å². The summed E-state index contributed by atoms with van der Waals surface area (Å²) in [6.07, 6.45) is 2.57. The van der Waals surface area contributed by atoms with E-state index in [2.05, 4.69) is 4.72 Å². The fourth-order valence-corrected chi connectivity index (χ4v) is 4.31. The minimum Gasteiger partial charge on any atom is -0.398 e. The van der Waals surface area contributed by atoms with Crippen LogP contribution in [0.1, 0.15) is 36.8 Å². The minimum absolute atomic E-state index is 0.202. The van der Waals surface area contributed by atoms with Crippen LogP contribution < -0.4 is 10.5 Å². The standard InChI is InChI=1S/C14H22N2O3S/c1-9-7-11(15)10(2)14(8-9)20(18,19)16-12-5-3-4-6-13(12)17/h7-8,12-13,16-17H,3-6,15H2,1-2H3. The van der Waals surface area contributed by atoms with E-state index in [0.717, 1.165) is 18.4 Å².